The molecule has 1 aromatic rings. The molecule has 74 valence electrons. The second-order valence-corrected chi connectivity index (χ2v) is 4.09. The van der Waals surface area contributed by atoms with E-state index in [4.69, 9.17) is 0 Å². The Morgan fingerprint density at radius 1 is 1.00 bits per heavy atom. The normalized spacial score (nSPS) is 10.4. The van der Waals surface area contributed by atoms with E-state index in [2.05, 4.69) is 27.7 Å². The van der Waals surface area contributed by atoms with E-state index in [1.807, 2.05) is 18.2 Å². The van der Waals surface area contributed by atoms with Crippen molar-refractivity contribution in [2.24, 2.45) is 0 Å². The zero-order valence-electron chi connectivity index (χ0n) is 10.8. The topological polar surface area (TPSA) is 20.2 Å². The molecule has 0 spiro atoms. The largest absolute Gasteiger partial charge is 1.00 e. The Bertz CT molecular complexity index is 271. The van der Waals surface area contributed by atoms with Crippen molar-refractivity contribution in [3.05, 3.63) is 29.3 Å². The molecule has 14 heavy (non-hydrogen) atoms. The quantitative estimate of drug-likeness (QED) is 0.676. The van der Waals surface area contributed by atoms with E-state index in [1.165, 1.54) is 0 Å². The Labute approximate surface area is 100 Å². The summed E-state index contributed by atoms with van der Waals surface area (Å²) >= 11 is 0. The first-order valence-electron chi connectivity index (χ1n) is 4.85. The van der Waals surface area contributed by atoms with Crippen molar-refractivity contribution >= 4 is 0 Å². The number of rotatable bonds is 2. The van der Waals surface area contributed by atoms with Gasteiger partial charge in [0.1, 0.15) is 5.75 Å². The summed E-state index contributed by atoms with van der Waals surface area (Å²) in [4.78, 5) is 0. The summed E-state index contributed by atoms with van der Waals surface area (Å²) in [5.74, 6) is 1.25. The molecule has 1 aromatic carbocycles. The monoisotopic (exact) mass is 186 g/mol. The summed E-state index contributed by atoms with van der Waals surface area (Å²) in [5, 5.41) is 9.93. The van der Waals surface area contributed by atoms with Gasteiger partial charge in [-0.1, -0.05) is 45.9 Å². The predicted octanol–water partition coefficient (Wildman–Crippen LogP) is 0.755. The minimum Gasteiger partial charge on any atom is -1.00 e. The first-order valence-corrected chi connectivity index (χ1v) is 4.85. The molecular weight excluding hydrogens is 167 g/mol. The Kier molecular flexibility index (Phi) is 5.34. The van der Waals surface area contributed by atoms with Gasteiger partial charge >= 0.3 is 18.9 Å². The van der Waals surface area contributed by atoms with Crippen molar-refractivity contribution in [2.45, 2.75) is 39.5 Å². The van der Waals surface area contributed by atoms with E-state index >= 15 is 0 Å². The number of para-hydroxylation sites is 1. The van der Waals surface area contributed by atoms with Crippen LogP contribution >= 0.6 is 0 Å². The van der Waals surface area contributed by atoms with Crippen molar-refractivity contribution in [2.75, 3.05) is 0 Å². The SMILES string of the molecule is CC(C)c1cccc(C(C)C)c1O.[H-].[Li+]. The summed E-state index contributed by atoms with van der Waals surface area (Å²) in [7, 11) is 0. The van der Waals surface area contributed by atoms with E-state index in [-0.39, 0.29) is 20.3 Å². The van der Waals surface area contributed by atoms with E-state index in [0.717, 1.165) is 11.1 Å². The summed E-state index contributed by atoms with van der Waals surface area (Å²) in [6, 6.07) is 6.00. The molecule has 0 radical (unpaired) electrons. The molecule has 0 amide bonds. The van der Waals surface area contributed by atoms with Crippen LogP contribution in [0.15, 0.2) is 18.2 Å². The second kappa shape index (κ2) is 5.49. The summed E-state index contributed by atoms with van der Waals surface area (Å²) < 4.78 is 0. The number of hydrogen-bond acceptors (Lipinski definition) is 1. The molecule has 0 saturated heterocycles. The molecule has 2 heteroatoms. The maximum absolute atomic E-state index is 9.93. The maximum Gasteiger partial charge on any atom is 1.00 e. The number of hydrogen-bond donors (Lipinski definition) is 1. The molecule has 1 N–H and O–H groups in total. The average molecular weight is 186 g/mol. The maximum atomic E-state index is 9.93. The molecule has 0 aliphatic heterocycles. The van der Waals surface area contributed by atoms with Crippen LogP contribution in [-0.2, 0) is 0 Å². The fourth-order valence-electron chi connectivity index (χ4n) is 1.51. The van der Waals surface area contributed by atoms with Gasteiger partial charge in [0.05, 0.1) is 0 Å². The summed E-state index contributed by atoms with van der Waals surface area (Å²) in [6.07, 6.45) is 0. The Balaban J connectivity index is 0. The van der Waals surface area contributed by atoms with Gasteiger partial charge in [-0.3, -0.25) is 0 Å². The Hall–Kier alpha value is -0.383. The van der Waals surface area contributed by atoms with Crippen LogP contribution in [0.4, 0.5) is 0 Å². The van der Waals surface area contributed by atoms with Gasteiger partial charge in [0, 0.05) is 0 Å². The number of phenolic OH excluding ortho intramolecular Hbond substituents is 1. The molecule has 0 saturated carbocycles. The van der Waals surface area contributed by atoms with Crippen LogP contribution in [0.2, 0.25) is 0 Å². The van der Waals surface area contributed by atoms with E-state index < -0.39 is 0 Å². The van der Waals surface area contributed by atoms with Crippen LogP contribution in [0.3, 0.4) is 0 Å². The minimum atomic E-state index is 0. The van der Waals surface area contributed by atoms with Crippen LogP contribution in [-0.4, -0.2) is 5.11 Å². The van der Waals surface area contributed by atoms with Crippen molar-refractivity contribution in [1.29, 1.82) is 0 Å². The molecule has 0 bridgehead atoms. The third kappa shape index (κ3) is 2.80. The first kappa shape index (κ1) is 13.6. The first-order chi connectivity index (χ1) is 6.04. The van der Waals surface area contributed by atoms with E-state index in [9.17, 15) is 5.11 Å². The smallest absolute Gasteiger partial charge is 1.00 e. The van der Waals surface area contributed by atoms with Crippen molar-refractivity contribution in [3.63, 3.8) is 0 Å². The van der Waals surface area contributed by atoms with E-state index in [0.29, 0.717) is 17.6 Å². The molecule has 0 heterocycles. The predicted molar refractivity (Wildman–Crippen MR) is 57.4 cm³/mol. The second-order valence-electron chi connectivity index (χ2n) is 4.09. The van der Waals surface area contributed by atoms with Gasteiger partial charge in [0.15, 0.2) is 0 Å². The van der Waals surface area contributed by atoms with Gasteiger partial charge in [0.25, 0.3) is 0 Å². The third-order valence-electron chi connectivity index (χ3n) is 2.34. The Morgan fingerprint density at radius 3 is 1.64 bits per heavy atom. The molecule has 0 aliphatic carbocycles. The average Bonchev–Trinajstić information content (AvgIpc) is 2.03. The van der Waals surface area contributed by atoms with Crippen LogP contribution < -0.4 is 18.9 Å². The van der Waals surface area contributed by atoms with Crippen LogP contribution in [0, 0.1) is 0 Å². The summed E-state index contributed by atoms with van der Waals surface area (Å²) in [6.45, 7) is 8.39. The van der Waals surface area contributed by atoms with E-state index in [1.54, 1.807) is 0 Å². The number of aromatic hydroxyl groups is 1. The van der Waals surface area contributed by atoms with Gasteiger partial charge in [0.2, 0.25) is 0 Å². The molecule has 0 aliphatic rings. The molecule has 0 fully saturated rings. The van der Waals surface area contributed by atoms with Gasteiger partial charge in [-0.05, 0) is 23.0 Å². The van der Waals surface area contributed by atoms with Gasteiger partial charge in [-0.15, -0.1) is 0 Å². The standard InChI is InChI=1S/C12H18O.Li.H/c1-8(2)10-6-5-7-11(9(3)4)12(10)13;;/h5-9,13H,1-4H3;;/q;+1;-1. The van der Waals surface area contributed by atoms with Crippen LogP contribution in [0.5, 0.6) is 5.75 Å². The third-order valence-corrected chi connectivity index (χ3v) is 2.34. The number of phenols is 1. The van der Waals surface area contributed by atoms with Gasteiger partial charge in [-0.2, -0.15) is 0 Å². The molecule has 0 unspecified atom stereocenters. The zero-order chi connectivity index (χ0) is 10.0. The zero-order valence-corrected chi connectivity index (χ0v) is 9.83. The van der Waals surface area contributed by atoms with Gasteiger partial charge < -0.3 is 6.53 Å². The van der Waals surface area contributed by atoms with Crippen LogP contribution in [0.1, 0.15) is 52.1 Å². The Morgan fingerprint density at radius 2 is 1.36 bits per heavy atom. The molecular formula is C12H19LiO. The fourth-order valence-corrected chi connectivity index (χ4v) is 1.51. The molecule has 1 rings (SSSR count). The van der Waals surface area contributed by atoms with Crippen LogP contribution in [0.25, 0.3) is 0 Å². The number of benzene rings is 1. The van der Waals surface area contributed by atoms with Crippen molar-refractivity contribution in [3.8, 4) is 5.75 Å². The van der Waals surface area contributed by atoms with Crippen molar-refractivity contribution in [1.82, 2.24) is 0 Å². The molecule has 0 aromatic heterocycles. The molecule has 1 nitrogen and oxygen atoms in total. The minimum absolute atomic E-state index is 0. The molecule has 0 atom stereocenters. The summed E-state index contributed by atoms with van der Waals surface area (Å²) in [5.41, 5.74) is 2.09. The van der Waals surface area contributed by atoms with Crippen molar-refractivity contribution < 1.29 is 25.4 Å². The van der Waals surface area contributed by atoms with Gasteiger partial charge in [-0.25, -0.2) is 0 Å². The fraction of sp³-hybridized carbons (Fsp3) is 0.500.